The van der Waals surface area contributed by atoms with Crippen molar-refractivity contribution < 1.29 is 0 Å². The lowest BCUT2D eigenvalue weighted by molar-refractivity contribution is 1.33. The lowest BCUT2D eigenvalue weighted by Gasteiger charge is -2.17. The summed E-state index contributed by atoms with van der Waals surface area (Å²) in [5.74, 6) is 0. The Morgan fingerprint density at radius 3 is 1.90 bits per heavy atom. The fraction of sp³-hybridized carbons (Fsp3) is 0.143. The monoisotopic (exact) mass is 272 g/mol. The summed E-state index contributed by atoms with van der Waals surface area (Å²) in [6.45, 7) is 6.60. The van der Waals surface area contributed by atoms with Crippen LogP contribution in [0.2, 0.25) is 0 Å². The highest BCUT2D eigenvalue weighted by atomic mass is 14.2. The summed E-state index contributed by atoms with van der Waals surface area (Å²) < 4.78 is 0. The third-order valence-electron chi connectivity index (χ3n) is 4.24. The summed E-state index contributed by atoms with van der Waals surface area (Å²) in [6.07, 6.45) is 0. The second kappa shape index (κ2) is 5.57. The predicted octanol–water partition coefficient (Wildman–Crippen LogP) is 5.95. The number of hydrogen-bond donors (Lipinski definition) is 0. The van der Waals surface area contributed by atoms with Crippen LogP contribution in [0, 0.1) is 20.8 Å². The fourth-order valence-electron chi connectivity index (χ4n) is 2.87. The number of hydrogen-bond acceptors (Lipinski definition) is 0. The van der Waals surface area contributed by atoms with Gasteiger partial charge in [0.25, 0.3) is 0 Å². The SMILES string of the molecule is Cc1ccccc1-c1c(-c2ccccc2)ccc(C)c1C. The Morgan fingerprint density at radius 1 is 0.524 bits per heavy atom. The third-order valence-corrected chi connectivity index (χ3v) is 4.24. The molecule has 104 valence electrons. The zero-order chi connectivity index (χ0) is 14.8. The van der Waals surface area contributed by atoms with Crippen molar-refractivity contribution in [2.75, 3.05) is 0 Å². The highest BCUT2D eigenvalue weighted by Gasteiger charge is 2.13. The van der Waals surface area contributed by atoms with E-state index in [9.17, 15) is 0 Å². The van der Waals surface area contributed by atoms with Crippen LogP contribution >= 0.6 is 0 Å². The van der Waals surface area contributed by atoms with Crippen LogP contribution in [0.3, 0.4) is 0 Å². The Kier molecular flexibility index (Phi) is 3.62. The van der Waals surface area contributed by atoms with Gasteiger partial charge in [-0.3, -0.25) is 0 Å². The molecule has 0 aliphatic carbocycles. The first kappa shape index (κ1) is 13.6. The van der Waals surface area contributed by atoms with E-state index >= 15 is 0 Å². The van der Waals surface area contributed by atoms with Gasteiger partial charge < -0.3 is 0 Å². The quantitative estimate of drug-likeness (QED) is 0.541. The number of rotatable bonds is 2. The van der Waals surface area contributed by atoms with Gasteiger partial charge in [0.15, 0.2) is 0 Å². The molecule has 0 bridgehead atoms. The molecule has 3 rings (SSSR count). The van der Waals surface area contributed by atoms with E-state index in [0.29, 0.717) is 0 Å². The number of benzene rings is 3. The van der Waals surface area contributed by atoms with Crippen LogP contribution in [0.1, 0.15) is 16.7 Å². The van der Waals surface area contributed by atoms with Gasteiger partial charge in [0.1, 0.15) is 0 Å². The molecule has 0 atom stereocenters. The van der Waals surface area contributed by atoms with Crippen LogP contribution in [-0.2, 0) is 0 Å². The van der Waals surface area contributed by atoms with E-state index in [4.69, 9.17) is 0 Å². The van der Waals surface area contributed by atoms with E-state index in [-0.39, 0.29) is 0 Å². The van der Waals surface area contributed by atoms with Crippen LogP contribution in [0.25, 0.3) is 22.3 Å². The van der Waals surface area contributed by atoms with E-state index in [1.54, 1.807) is 0 Å². The summed E-state index contributed by atoms with van der Waals surface area (Å²) in [6, 6.07) is 23.8. The molecule has 0 spiro atoms. The van der Waals surface area contributed by atoms with Crippen LogP contribution < -0.4 is 0 Å². The normalized spacial score (nSPS) is 10.6. The highest BCUT2D eigenvalue weighted by Crippen LogP contribution is 2.37. The summed E-state index contributed by atoms with van der Waals surface area (Å²) >= 11 is 0. The minimum Gasteiger partial charge on any atom is -0.0622 e. The van der Waals surface area contributed by atoms with Crippen molar-refractivity contribution in [1.29, 1.82) is 0 Å². The van der Waals surface area contributed by atoms with Crippen molar-refractivity contribution in [3.63, 3.8) is 0 Å². The Hall–Kier alpha value is -2.34. The van der Waals surface area contributed by atoms with Gasteiger partial charge in [0.05, 0.1) is 0 Å². The Balaban J connectivity index is 2.33. The molecule has 0 aromatic heterocycles. The summed E-state index contributed by atoms with van der Waals surface area (Å²) in [5, 5.41) is 0. The molecule has 0 saturated carbocycles. The molecule has 0 nitrogen and oxygen atoms in total. The molecular formula is C21H20. The van der Waals surface area contributed by atoms with Crippen molar-refractivity contribution in [2.24, 2.45) is 0 Å². The largest absolute Gasteiger partial charge is 0.0622 e. The molecule has 0 heterocycles. The van der Waals surface area contributed by atoms with Crippen LogP contribution in [0.4, 0.5) is 0 Å². The van der Waals surface area contributed by atoms with Gasteiger partial charge in [-0.05, 0) is 59.7 Å². The molecule has 21 heavy (non-hydrogen) atoms. The molecule has 3 aromatic carbocycles. The molecule has 0 heteroatoms. The molecule has 0 saturated heterocycles. The molecule has 3 aromatic rings. The molecule has 0 amide bonds. The van der Waals surface area contributed by atoms with E-state index in [1.807, 2.05) is 0 Å². The first-order valence-corrected chi connectivity index (χ1v) is 7.40. The first-order valence-electron chi connectivity index (χ1n) is 7.40. The third kappa shape index (κ3) is 2.50. The molecule has 0 aliphatic rings. The molecular weight excluding hydrogens is 252 g/mol. The number of aryl methyl sites for hydroxylation is 2. The fourth-order valence-corrected chi connectivity index (χ4v) is 2.87. The molecule has 0 radical (unpaired) electrons. The van der Waals surface area contributed by atoms with Gasteiger partial charge in [0.2, 0.25) is 0 Å². The maximum absolute atomic E-state index is 2.25. The van der Waals surface area contributed by atoms with Gasteiger partial charge in [-0.15, -0.1) is 0 Å². The van der Waals surface area contributed by atoms with E-state index < -0.39 is 0 Å². The Labute approximate surface area is 127 Å². The lowest BCUT2D eigenvalue weighted by atomic mass is 9.87. The Bertz CT molecular complexity index is 767. The smallest absolute Gasteiger partial charge is 0.00708 e. The summed E-state index contributed by atoms with van der Waals surface area (Å²) in [7, 11) is 0. The average molecular weight is 272 g/mol. The van der Waals surface area contributed by atoms with Gasteiger partial charge in [-0.1, -0.05) is 66.7 Å². The molecule has 0 unspecified atom stereocenters. The maximum atomic E-state index is 2.25. The van der Waals surface area contributed by atoms with Gasteiger partial charge >= 0.3 is 0 Å². The van der Waals surface area contributed by atoms with Crippen molar-refractivity contribution in [3.8, 4) is 22.3 Å². The second-order valence-corrected chi connectivity index (χ2v) is 5.61. The van der Waals surface area contributed by atoms with Crippen LogP contribution in [-0.4, -0.2) is 0 Å². The molecule has 0 aliphatic heterocycles. The minimum absolute atomic E-state index is 1.28. The summed E-state index contributed by atoms with van der Waals surface area (Å²) in [4.78, 5) is 0. The second-order valence-electron chi connectivity index (χ2n) is 5.61. The van der Waals surface area contributed by atoms with E-state index in [2.05, 4.69) is 87.5 Å². The van der Waals surface area contributed by atoms with E-state index in [0.717, 1.165) is 0 Å². The van der Waals surface area contributed by atoms with Gasteiger partial charge in [-0.2, -0.15) is 0 Å². The highest BCUT2D eigenvalue weighted by molar-refractivity contribution is 5.87. The van der Waals surface area contributed by atoms with E-state index in [1.165, 1.54) is 38.9 Å². The Morgan fingerprint density at radius 2 is 1.19 bits per heavy atom. The minimum atomic E-state index is 1.28. The van der Waals surface area contributed by atoms with Crippen molar-refractivity contribution in [2.45, 2.75) is 20.8 Å². The lowest BCUT2D eigenvalue weighted by Crippen LogP contribution is -1.94. The molecule has 0 N–H and O–H groups in total. The maximum Gasteiger partial charge on any atom is -0.00708 e. The zero-order valence-corrected chi connectivity index (χ0v) is 12.9. The van der Waals surface area contributed by atoms with Crippen molar-refractivity contribution in [3.05, 3.63) is 83.4 Å². The summed E-state index contributed by atoms with van der Waals surface area (Å²) in [5.41, 5.74) is 9.31. The average Bonchev–Trinajstić information content (AvgIpc) is 2.52. The first-order chi connectivity index (χ1) is 10.2. The topological polar surface area (TPSA) is 0 Å². The van der Waals surface area contributed by atoms with Crippen LogP contribution in [0.5, 0.6) is 0 Å². The van der Waals surface area contributed by atoms with Gasteiger partial charge in [-0.25, -0.2) is 0 Å². The van der Waals surface area contributed by atoms with Crippen molar-refractivity contribution in [1.82, 2.24) is 0 Å². The van der Waals surface area contributed by atoms with Crippen LogP contribution in [0.15, 0.2) is 66.7 Å². The van der Waals surface area contributed by atoms with Gasteiger partial charge in [0, 0.05) is 0 Å². The predicted molar refractivity (Wildman–Crippen MR) is 91.5 cm³/mol. The standard InChI is InChI=1S/C21H20/c1-15-13-14-20(18-10-5-4-6-11-18)21(17(15)3)19-12-8-7-9-16(19)2/h4-14H,1-3H3. The molecule has 0 fully saturated rings. The zero-order valence-electron chi connectivity index (χ0n) is 12.9. The van der Waals surface area contributed by atoms with Crippen molar-refractivity contribution >= 4 is 0 Å².